The second kappa shape index (κ2) is 6.08. The molecule has 5 heteroatoms. The molecule has 2 aliphatic rings. The standard InChI is InChI=1S/C15H20FNO3/c1-10-6-17-7-14(19-10)9-18-8-13-5-11-4-12(16)2-3-15(11)20-13/h2-4,10,13-14,17H,5-9H2,1H3. The van der Waals surface area contributed by atoms with Crippen LogP contribution in [0, 0.1) is 5.82 Å². The number of hydrogen-bond acceptors (Lipinski definition) is 4. The molecule has 110 valence electrons. The van der Waals surface area contributed by atoms with Gasteiger partial charge in [-0.05, 0) is 25.1 Å². The van der Waals surface area contributed by atoms with Gasteiger partial charge in [0.15, 0.2) is 0 Å². The molecule has 2 heterocycles. The molecule has 3 rings (SSSR count). The van der Waals surface area contributed by atoms with Gasteiger partial charge < -0.3 is 19.5 Å². The molecule has 0 spiro atoms. The van der Waals surface area contributed by atoms with Crippen LogP contribution in [0.15, 0.2) is 18.2 Å². The lowest BCUT2D eigenvalue weighted by atomic mass is 10.1. The lowest BCUT2D eigenvalue weighted by Gasteiger charge is -2.28. The number of morpholine rings is 1. The Balaban J connectivity index is 1.42. The lowest BCUT2D eigenvalue weighted by Crippen LogP contribution is -2.45. The molecule has 0 amide bonds. The fourth-order valence-corrected chi connectivity index (χ4v) is 2.68. The first-order chi connectivity index (χ1) is 9.70. The maximum atomic E-state index is 13.1. The van der Waals surface area contributed by atoms with Crippen LogP contribution in [0.2, 0.25) is 0 Å². The summed E-state index contributed by atoms with van der Waals surface area (Å²) < 4.78 is 30.3. The number of halogens is 1. The highest BCUT2D eigenvalue weighted by Gasteiger charge is 2.24. The molecule has 0 aliphatic carbocycles. The van der Waals surface area contributed by atoms with Crippen LogP contribution in [0.3, 0.4) is 0 Å². The van der Waals surface area contributed by atoms with Gasteiger partial charge in [-0.1, -0.05) is 0 Å². The molecule has 1 fully saturated rings. The second-order valence-electron chi connectivity index (χ2n) is 5.46. The van der Waals surface area contributed by atoms with Crippen LogP contribution in [0.25, 0.3) is 0 Å². The summed E-state index contributed by atoms with van der Waals surface area (Å²) in [5.74, 6) is 0.550. The van der Waals surface area contributed by atoms with Crippen LogP contribution in [-0.4, -0.2) is 44.6 Å². The molecule has 3 atom stereocenters. The van der Waals surface area contributed by atoms with Gasteiger partial charge in [-0.3, -0.25) is 0 Å². The van der Waals surface area contributed by atoms with Crippen molar-refractivity contribution in [3.05, 3.63) is 29.6 Å². The molecule has 1 N–H and O–H groups in total. The van der Waals surface area contributed by atoms with Gasteiger partial charge in [-0.25, -0.2) is 4.39 Å². The van der Waals surface area contributed by atoms with Crippen LogP contribution in [0.1, 0.15) is 12.5 Å². The van der Waals surface area contributed by atoms with Crippen molar-refractivity contribution in [2.75, 3.05) is 26.3 Å². The summed E-state index contributed by atoms with van der Waals surface area (Å²) in [6.07, 6.45) is 1.00. The van der Waals surface area contributed by atoms with Gasteiger partial charge >= 0.3 is 0 Å². The van der Waals surface area contributed by atoms with E-state index in [1.54, 1.807) is 6.07 Å². The highest BCUT2D eigenvalue weighted by Crippen LogP contribution is 2.29. The number of rotatable bonds is 4. The Kier molecular flexibility index (Phi) is 4.19. The van der Waals surface area contributed by atoms with Crippen molar-refractivity contribution in [3.63, 3.8) is 0 Å². The first-order valence-electron chi connectivity index (χ1n) is 7.09. The Labute approximate surface area is 118 Å². The number of ether oxygens (including phenoxy) is 3. The predicted octanol–water partition coefficient (Wildman–Crippen LogP) is 1.52. The van der Waals surface area contributed by atoms with Crippen molar-refractivity contribution in [2.24, 2.45) is 0 Å². The number of nitrogens with one attached hydrogen (secondary N) is 1. The van der Waals surface area contributed by atoms with Gasteiger partial charge in [0.25, 0.3) is 0 Å². The molecule has 0 saturated carbocycles. The average molecular weight is 281 g/mol. The third-order valence-electron chi connectivity index (χ3n) is 3.60. The Bertz CT molecular complexity index is 468. The van der Waals surface area contributed by atoms with Crippen molar-refractivity contribution in [1.29, 1.82) is 0 Å². The number of hydrogen-bond donors (Lipinski definition) is 1. The van der Waals surface area contributed by atoms with Crippen molar-refractivity contribution < 1.29 is 18.6 Å². The normalized spacial score (nSPS) is 29.0. The van der Waals surface area contributed by atoms with E-state index in [1.807, 2.05) is 6.92 Å². The van der Waals surface area contributed by atoms with Crippen LogP contribution >= 0.6 is 0 Å². The summed E-state index contributed by atoms with van der Waals surface area (Å²) in [6.45, 7) is 4.82. The molecular formula is C15H20FNO3. The topological polar surface area (TPSA) is 39.7 Å². The van der Waals surface area contributed by atoms with Gasteiger partial charge in [0.05, 0.1) is 25.4 Å². The Morgan fingerprint density at radius 2 is 2.15 bits per heavy atom. The van der Waals surface area contributed by atoms with Gasteiger partial charge in [0, 0.05) is 25.1 Å². The Morgan fingerprint density at radius 1 is 1.30 bits per heavy atom. The molecule has 4 nitrogen and oxygen atoms in total. The molecule has 3 unspecified atom stereocenters. The van der Waals surface area contributed by atoms with Crippen molar-refractivity contribution in [3.8, 4) is 5.75 Å². The van der Waals surface area contributed by atoms with Crippen molar-refractivity contribution in [1.82, 2.24) is 5.32 Å². The molecule has 1 aromatic rings. The molecule has 2 aliphatic heterocycles. The van der Waals surface area contributed by atoms with Gasteiger partial charge in [0.2, 0.25) is 0 Å². The predicted molar refractivity (Wildman–Crippen MR) is 72.5 cm³/mol. The highest BCUT2D eigenvalue weighted by atomic mass is 19.1. The zero-order chi connectivity index (χ0) is 13.9. The third-order valence-corrected chi connectivity index (χ3v) is 3.60. The molecular weight excluding hydrogens is 261 g/mol. The third kappa shape index (κ3) is 3.29. The maximum absolute atomic E-state index is 13.1. The minimum atomic E-state index is -0.218. The summed E-state index contributed by atoms with van der Waals surface area (Å²) in [5, 5.41) is 3.31. The number of benzene rings is 1. The van der Waals surface area contributed by atoms with Crippen molar-refractivity contribution in [2.45, 2.75) is 31.7 Å². The second-order valence-corrected chi connectivity index (χ2v) is 5.46. The van der Waals surface area contributed by atoms with E-state index in [4.69, 9.17) is 14.2 Å². The zero-order valence-corrected chi connectivity index (χ0v) is 11.6. The highest BCUT2D eigenvalue weighted by molar-refractivity contribution is 5.37. The summed E-state index contributed by atoms with van der Waals surface area (Å²) in [6, 6.07) is 4.64. The molecule has 0 bridgehead atoms. The van der Waals surface area contributed by atoms with Crippen LogP contribution < -0.4 is 10.1 Å². The van der Waals surface area contributed by atoms with E-state index >= 15 is 0 Å². The first kappa shape index (κ1) is 13.8. The van der Waals surface area contributed by atoms with Crippen molar-refractivity contribution >= 4 is 0 Å². The minimum Gasteiger partial charge on any atom is -0.487 e. The zero-order valence-electron chi connectivity index (χ0n) is 11.6. The van der Waals surface area contributed by atoms with E-state index in [-0.39, 0.29) is 24.1 Å². The SMILES string of the molecule is CC1CNCC(COCC2Cc3cc(F)ccc3O2)O1. The summed E-state index contributed by atoms with van der Waals surface area (Å²) in [5.41, 5.74) is 0.919. The summed E-state index contributed by atoms with van der Waals surface area (Å²) >= 11 is 0. The molecule has 0 radical (unpaired) electrons. The lowest BCUT2D eigenvalue weighted by molar-refractivity contribution is -0.0759. The van der Waals surface area contributed by atoms with E-state index in [0.29, 0.717) is 19.6 Å². The minimum absolute atomic E-state index is 0.0271. The van der Waals surface area contributed by atoms with Gasteiger partial charge in [-0.15, -0.1) is 0 Å². The smallest absolute Gasteiger partial charge is 0.126 e. The fourth-order valence-electron chi connectivity index (χ4n) is 2.68. The largest absolute Gasteiger partial charge is 0.487 e. The summed E-state index contributed by atoms with van der Waals surface area (Å²) in [7, 11) is 0. The molecule has 1 aromatic carbocycles. The van der Waals surface area contributed by atoms with Crippen LogP contribution in [0.4, 0.5) is 4.39 Å². The summed E-state index contributed by atoms with van der Waals surface area (Å²) in [4.78, 5) is 0. The van der Waals surface area contributed by atoms with E-state index in [0.717, 1.165) is 24.4 Å². The van der Waals surface area contributed by atoms with E-state index in [9.17, 15) is 4.39 Å². The maximum Gasteiger partial charge on any atom is 0.126 e. The van der Waals surface area contributed by atoms with E-state index in [2.05, 4.69) is 5.32 Å². The Hall–Kier alpha value is -1.17. The molecule has 20 heavy (non-hydrogen) atoms. The van der Waals surface area contributed by atoms with Crippen LogP contribution in [-0.2, 0) is 15.9 Å². The first-order valence-corrected chi connectivity index (χ1v) is 7.09. The average Bonchev–Trinajstić information content (AvgIpc) is 2.80. The van der Waals surface area contributed by atoms with Crippen LogP contribution in [0.5, 0.6) is 5.75 Å². The van der Waals surface area contributed by atoms with E-state index in [1.165, 1.54) is 12.1 Å². The molecule has 0 aromatic heterocycles. The Morgan fingerprint density at radius 3 is 3.00 bits per heavy atom. The van der Waals surface area contributed by atoms with E-state index < -0.39 is 0 Å². The fraction of sp³-hybridized carbons (Fsp3) is 0.600. The molecule has 1 saturated heterocycles. The van der Waals surface area contributed by atoms with Gasteiger partial charge in [-0.2, -0.15) is 0 Å². The monoisotopic (exact) mass is 281 g/mol. The quantitative estimate of drug-likeness (QED) is 0.908. The van der Waals surface area contributed by atoms with Gasteiger partial charge in [0.1, 0.15) is 17.7 Å². The number of fused-ring (bicyclic) bond motifs is 1.